The molecule has 14 heavy (non-hydrogen) atoms. The van der Waals surface area contributed by atoms with Gasteiger partial charge in [-0.2, -0.15) is 0 Å². The Kier molecular flexibility index (Phi) is 2.25. The van der Waals surface area contributed by atoms with Crippen molar-refractivity contribution in [3.63, 3.8) is 0 Å². The molecule has 1 aliphatic heterocycles. The highest BCUT2D eigenvalue weighted by Crippen LogP contribution is 2.19. The van der Waals surface area contributed by atoms with E-state index in [1.165, 1.54) is 6.20 Å². The lowest BCUT2D eigenvalue weighted by atomic mass is 10.2. The minimum absolute atomic E-state index is 0.0711. The van der Waals surface area contributed by atoms with Crippen LogP contribution >= 0.6 is 11.6 Å². The monoisotopic (exact) mass is 213 g/mol. The van der Waals surface area contributed by atoms with Crippen molar-refractivity contribution >= 4 is 23.5 Å². The Morgan fingerprint density at radius 2 is 2.29 bits per heavy atom. The summed E-state index contributed by atoms with van der Waals surface area (Å²) >= 11 is 5.63. The van der Waals surface area contributed by atoms with Crippen LogP contribution in [0.15, 0.2) is 6.20 Å². The van der Waals surface area contributed by atoms with Crippen molar-refractivity contribution in [3.05, 3.63) is 16.9 Å². The molecule has 6 heteroatoms. The summed E-state index contributed by atoms with van der Waals surface area (Å²) in [5.74, 6) is -0.683. The molecule has 0 unspecified atom stereocenters. The van der Waals surface area contributed by atoms with Crippen molar-refractivity contribution < 1.29 is 9.90 Å². The largest absolute Gasteiger partial charge is 0.476 e. The third-order valence-corrected chi connectivity index (χ3v) is 2.35. The van der Waals surface area contributed by atoms with E-state index in [0.717, 1.165) is 19.5 Å². The Bertz CT molecular complexity index is 379. The standard InChI is InChI=1S/C8H8ClN3O2/c9-5-4-10-8(12-2-1-3-12)11-6(5)7(13)14/h4H,1-3H2,(H,13,14). The average Bonchev–Trinajstić information content (AvgIpc) is 2.04. The second-order valence-electron chi connectivity index (χ2n) is 3.01. The Hall–Kier alpha value is -1.36. The molecule has 0 saturated carbocycles. The molecular formula is C8H8ClN3O2. The highest BCUT2D eigenvalue weighted by molar-refractivity contribution is 6.33. The van der Waals surface area contributed by atoms with Gasteiger partial charge >= 0.3 is 5.97 Å². The Balaban J connectivity index is 2.34. The average molecular weight is 214 g/mol. The minimum atomic E-state index is -1.13. The first-order chi connectivity index (χ1) is 6.68. The highest BCUT2D eigenvalue weighted by atomic mass is 35.5. The van der Waals surface area contributed by atoms with Crippen LogP contribution in [0, 0.1) is 0 Å². The van der Waals surface area contributed by atoms with Crippen LogP contribution in [0.3, 0.4) is 0 Å². The molecule has 1 N–H and O–H groups in total. The molecule has 0 aromatic carbocycles. The Labute approximate surface area is 85.3 Å². The maximum Gasteiger partial charge on any atom is 0.356 e. The first-order valence-electron chi connectivity index (χ1n) is 4.19. The van der Waals surface area contributed by atoms with Gasteiger partial charge in [0.05, 0.1) is 11.2 Å². The molecule has 0 radical (unpaired) electrons. The summed E-state index contributed by atoms with van der Waals surface area (Å²) in [7, 11) is 0. The van der Waals surface area contributed by atoms with Gasteiger partial charge in [-0.05, 0) is 6.42 Å². The number of nitrogens with zero attached hydrogens (tertiary/aromatic N) is 3. The number of carboxylic acids is 1. The van der Waals surface area contributed by atoms with Crippen LogP contribution in [0.2, 0.25) is 5.02 Å². The second kappa shape index (κ2) is 3.42. The molecule has 1 saturated heterocycles. The Morgan fingerprint density at radius 3 is 2.79 bits per heavy atom. The Morgan fingerprint density at radius 1 is 1.57 bits per heavy atom. The summed E-state index contributed by atoms with van der Waals surface area (Å²) in [4.78, 5) is 20.5. The number of hydrogen-bond donors (Lipinski definition) is 1. The van der Waals surface area contributed by atoms with E-state index in [-0.39, 0.29) is 10.7 Å². The summed E-state index contributed by atoms with van der Waals surface area (Å²) in [6, 6.07) is 0. The van der Waals surface area contributed by atoms with Gasteiger partial charge in [0.15, 0.2) is 5.69 Å². The molecule has 2 rings (SSSR count). The number of halogens is 1. The van der Waals surface area contributed by atoms with E-state index in [4.69, 9.17) is 16.7 Å². The quantitative estimate of drug-likeness (QED) is 0.795. The molecule has 0 amide bonds. The zero-order valence-electron chi connectivity index (χ0n) is 7.27. The van der Waals surface area contributed by atoms with Crippen molar-refractivity contribution in [1.29, 1.82) is 0 Å². The molecule has 1 aliphatic rings. The molecule has 0 atom stereocenters. The number of hydrogen-bond acceptors (Lipinski definition) is 4. The lowest BCUT2D eigenvalue weighted by Gasteiger charge is -2.30. The summed E-state index contributed by atoms with van der Waals surface area (Å²) in [5, 5.41) is 8.84. The fraction of sp³-hybridized carbons (Fsp3) is 0.375. The smallest absolute Gasteiger partial charge is 0.356 e. The summed E-state index contributed by atoms with van der Waals surface area (Å²) < 4.78 is 0. The lowest BCUT2D eigenvalue weighted by molar-refractivity contribution is 0.0690. The molecule has 1 aromatic heterocycles. The molecule has 0 spiro atoms. The fourth-order valence-corrected chi connectivity index (χ4v) is 1.35. The normalized spacial score (nSPS) is 15.1. The third kappa shape index (κ3) is 1.50. The fourth-order valence-electron chi connectivity index (χ4n) is 1.18. The van der Waals surface area contributed by atoms with Gasteiger partial charge in [0, 0.05) is 13.1 Å². The van der Waals surface area contributed by atoms with Crippen molar-refractivity contribution in [1.82, 2.24) is 9.97 Å². The highest BCUT2D eigenvalue weighted by Gasteiger charge is 2.20. The number of aromatic nitrogens is 2. The van der Waals surface area contributed by atoms with E-state index >= 15 is 0 Å². The molecule has 0 aliphatic carbocycles. The van der Waals surface area contributed by atoms with E-state index in [2.05, 4.69) is 9.97 Å². The molecule has 1 aromatic rings. The van der Waals surface area contributed by atoms with Gasteiger partial charge in [0.25, 0.3) is 0 Å². The van der Waals surface area contributed by atoms with Crippen LogP contribution in [0.25, 0.3) is 0 Å². The van der Waals surface area contributed by atoms with Crippen LogP contribution in [-0.4, -0.2) is 34.1 Å². The van der Waals surface area contributed by atoms with Gasteiger partial charge in [-0.25, -0.2) is 14.8 Å². The van der Waals surface area contributed by atoms with Crippen LogP contribution in [0.1, 0.15) is 16.9 Å². The van der Waals surface area contributed by atoms with Gasteiger partial charge < -0.3 is 10.0 Å². The number of anilines is 1. The number of aromatic carboxylic acids is 1. The van der Waals surface area contributed by atoms with E-state index in [1.54, 1.807) is 0 Å². The lowest BCUT2D eigenvalue weighted by Crippen LogP contribution is -2.38. The molecule has 2 heterocycles. The zero-order valence-corrected chi connectivity index (χ0v) is 8.03. The van der Waals surface area contributed by atoms with Crippen molar-refractivity contribution in [2.24, 2.45) is 0 Å². The van der Waals surface area contributed by atoms with E-state index < -0.39 is 5.97 Å². The molecule has 74 valence electrons. The topological polar surface area (TPSA) is 66.3 Å². The van der Waals surface area contributed by atoms with Crippen LogP contribution in [-0.2, 0) is 0 Å². The van der Waals surface area contributed by atoms with E-state index in [9.17, 15) is 4.79 Å². The first kappa shape index (κ1) is 9.21. The molecule has 5 nitrogen and oxygen atoms in total. The van der Waals surface area contributed by atoms with Crippen molar-refractivity contribution in [2.75, 3.05) is 18.0 Å². The SMILES string of the molecule is O=C(O)c1nc(N2CCC2)ncc1Cl. The maximum absolute atomic E-state index is 10.7. The second-order valence-corrected chi connectivity index (χ2v) is 3.42. The van der Waals surface area contributed by atoms with E-state index in [0.29, 0.717) is 5.95 Å². The van der Waals surface area contributed by atoms with Crippen LogP contribution in [0.5, 0.6) is 0 Å². The molecular weight excluding hydrogens is 206 g/mol. The summed E-state index contributed by atoms with van der Waals surface area (Å²) in [6.45, 7) is 1.75. The molecule has 0 bridgehead atoms. The third-order valence-electron chi connectivity index (χ3n) is 2.07. The number of carboxylic acid groups (broad SMARTS) is 1. The van der Waals surface area contributed by atoms with Crippen LogP contribution < -0.4 is 4.90 Å². The number of rotatable bonds is 2. The maximum atomic E-state index is 10.7. The number of carbonyl (C=O) groups is 1. The van der Waals surface area contributed by atoms with Crippen molar-refractivity contribution in [3.8, 4) is 0 Å². The van der Waals surface area contributed by atoms with Gasteiger partial charge in [-0.15, -0.1) is 0 Å². The van der Waals surface area contributed by atoms with Gasteiger partial charge in [0.2, 0.25) is 5.95 Å². The molecule has 1 fully saturated rings. The van der Waals surface area contributed by atoms with Gasteiger partial charge in [-0.3, -0.25) is 0 Å². The van der Waals surface area contributed by atoms with Crippen LogP contribution in [0.4, 0.5) is 5.95 Å². The van der Waals surface area contributed by atoms with Crippen molar-refractivity contribution in [2.45, 2.75) is 6.42 Å². The predicted molar refractivity (Wildman–Crippen MR) is 50.8 cm³/mol. The predicted octanol–water partition coefficient (Wildman–Crippen LogP) is 1.04. The summed E-state index contributed by atoms with van der Waals surface area (Å²) in [6.07, 6.45) is 2.42. The summed E-state index contributed by atoms with van der Waals surface area (Å²) in [5.41, 5.74) is -0.136. The first-order valence-corrected chi connectivity index (χ1v) is 4.57. The van der Waals surface area contributed by atoms with E-state index in [1.807, 2.05) is 4.90 Å². The minimum Gasteiger partial charge on any atom is -0.476 e. The van der Waals surface area contributed by atoms with Gasteiger partial charge in [-0.1, -0.05) is 11.6 Å². The van der Waals surface area contributed by atoms with Gasteiger partial charge in [0.1, 0.15) is 0 Å². The zero-order chi connectivity index (χ0) is 10.1.